The molecule has 0 bridgehead atoms. The van der Waals surface area contributed by atoms with Crippen molar-refractivity contribution in [1.29, 1.82) is 0 Å². The molecule has 1 atom stereocenters. The van der Waals surface area contributed by atoms with E-state index in [2.05, 4.69) is 62.4 Å². The van der Waals surface area contributed by atoms with Gasteiger partial charge in [0.15, 0.2) is 0 Å². The summed E-state index contributed by atoms with van der Waals surface area (Å²) in [5.74, 6) is 1.13. The van der Waals surface area contributed by atoms with Crippen LogP contribution in [0.5, 0.6) is 0 Å². The van der Waals surface area contributed by atoms with Crippen LogP contribution in [0.15, 0.2) is 54.7 Å². The van der Waals surface area contributed by atoms with E-state index in [1.165, 1.54) is 11.3 Å². The Hall–Kier alpha value is -3.08. The Kier molecular flexibility index (Phi) is 4.58. The lowest BCUT2D eigenvalue weighted by Crippen LogP contribution is -2.40. The second-order valence-electron chi connectivity index (χ2n) is 8.09. The Morgan fingerprint density at radius 3 is 2.79 bits per heavy atom. The number of aromatic nitrogens is 2. The number of carbonyl (C=O) groups is 1. The van der Waals surface area contributed by atoms with Gasteiger partial charge in [0.2, 0.25) is 0 Å². The summed E-state index contributed by atoms with van der Waals surface area (Å²) in [7, 11) is 0. The highest BCUT2D eigenvalue weighted by atomic mass is 16.1. The largest absolute Gasteiger partial charge is 0.347 e. The molecule has 1 amide bonds. The lowest BCUT2D eigenvalue weighted by Gasteiger charge is -2.31. The van der Waals surface area contributed by atoms with Gasteiger partial charge in [-0.05, 0) is 62.1 Å². The summed E-state index contributed by atoms with van der Waals surface area (Å²) >= 11 is 0. The summed E-state index contributed by atoms with van der Waals surface area (Å²) in [5.41, 5.74) is 5.58. The Bertz CT molecular complexity index is 1040. The Morgan fingerprint density at radius 1 is 1.10 bits per heavy atom. The molecule has 2 aliphatic heterocycles. The van der Waals surface area contributed by atoms with Crippen LogP contribution in [0.4, 0.5) is 11.4 Å². The highest BCUT2D eigenvalue weighted by Gasteiger charge is 2.22. The summed E-state index contributed by atoms with van der Waals surface area (Å²) in [5, 5.41) is 3.20. The van der Waals surface area contributed by atoms with Crippen molar-refractivity contribution in [3.8, 4) is 0 Å². The zero-order valence-corrected chi connectivity index (χ0v) is 16.8. The van der Waals surface area contributed by atoms with Gasteiger partial charge in [0.25, 0.3) is 5.91 Å². The minimum Gasteiger partial charge on any atom is -0.347 e. The van der Waals surface area contributed by atoms with Crippen molar-refractivity contribution in [2.24, 2.45) is 0 Å². The zero-order chi connectivity index (χ0) is 19.8. The molecule has 3 aromatic rings. The number of rotatable bonds is 3. The Labute approximate surface area is 171 Å². The molecule has 1 aromatic heterocycles. The predicted octanol–water partition coefficient (Wildman–Crippen LogP) is 4.02. The molecule has 0 saturated heterocycles. The molecule has 1 N–H and O–H groups in total. The van der Waals surface area contributed by atoms with Crippen LogP contribution in [0.25, 0.3) is 0 Å². The van der Waals surface area contributed by atoms with Gasteiger partial charge in [-0.1, -0.05) is 18.2 Å². The first-order valence-corrected chi connectivity index (χ1v) is 10.5. The fourth-order valence-electron chi connectivity index (χ4n) is 4.57. The molecule has 29 heavy (non-hydrogen) atoms. The Balaban J connectivity index is 1.28. The normalized spacial score (nSPS) is 18.1. The lowest BCUT2D eigenvalue weighted by atomic mass is 10.0. The number of amides is 1. The van der Waals surface area contributed by atoms with E-state index in [0.29, 0.717) is 5.56 Å². The van der Waals surface area contributed by atoms with E-state index >= 15 is 0 Å². The summed E-state index contributed by atoms with van der Waals surface area (Å²) in [4.78, 5) is 19.7. The number of aryl methyl sites for hydroxylation is 3. The molecule has 0 saturated carbocycles. The van der Waals surface area contributed by atoms with E-state index in [-0.39, 0.29) is 11.9 Å². The van der Waals surface area contributed by atoms with Gasteiger partial charge in [0.05, 0.1) is 5.69 Å². The number of fused-ring (bicyclic) bond motifs is 2. The third-order valence-corrected chi connectivity index (χ3v) is 6.00. The molecule has 5 nitrogen and oxygen atoms in total. The van der Waals surface area contributed by atoms with E-state index < -0.39 is 0 Å². The number of hydrogen-bond acceptors (Lipinski definition) is 3. The van der Waals surface area contributed by atoms with Crippen LogP contribution in [0, 0.1) is 6.92 Å². The number of anilines is 2. The number of para-hydroxylation sites is 1. The van der Waals surface area contributed by atoms with Crippen molar-refractivity contribution in [2.75, 3.05) is 11.4 Å². The zero-order valence-electron chi connectivity index (χ0n) is 16.8. The monoisotopic (exact) mass is 386 g/mol. The van der Waals surface area contributed by atoms with Crippen LogP contribution in [0.3, 0.4) is 0 Å². The van der Waals surface area contributed by atoms with Gasteiger partial charge in [0, 0.05) is 48.7 Å². The summed E-state index contributed by atoms with van der Waals surface area (Å²) in [6.07, 6.45) is 6.19. The molecule has 2 aliphatic rings. The number of nitrogens with zero attached hydrogens (tertiary/aromatic N) is 3. The molecule has 5 rings (SSSR count). The second kappa shape index (κ2) is 7.39. The van der Waals surface area contributed by atoms with E-state index in [1.54, 1.807) is 0 Å². The molecular weight excluding hydrogens is 360 g/mol. The first-order valence-electron chi connectivity index (χ1n) is 10.5. The van der Waals surface area contributed by atoms with Gasteiger partial charge in [-0.2, -0.15) is 0 Å². The standard InChI is InChI=1S/C24H26N4O/c1-17-15-27-16-20(10-13-23(27)25-17)26-24(29)19-8-11-21(12-9-19)28-14-4-6-18-5-2-3-7-22(18)28/h2-3,5,7-9,11-12,15,20H,4,6,10,13-14,16H2,1H3,(H,26,29). The lowest BCUT2D eigenvalue weighted by molar-refractivity contribution is 0.0927. The first kappa shape index (κ1) is 18.0. The fourth-order valence-corrected chi connectivity index (χ4v) is 4.57. The van der Waals surface area contributed by atoms with Crippen molar-refractivity contribution in [2.45, 2.75) is 45.2 Å². The van der Waals surface area contributed by atoms with Gasteiger partial charge < -0.3 is 14.8 Å². The molecule has 0 spiro atoms. The molecular formula is C24H26N4O. The van der Waals surface area contributed by atoms with Crippen molar-refractivity contribution in [3.63, 3.8) is 0 Å². The van der Waals surface area contributed by atoms with Crippen LogP contribution in [-0.2, 0) is 19.4 Å². The fraction of sp³-hybridized carbons (Fsp3) is 0.333. The number of imidazole rings is 1. The maximum absolute atomic E-state index is 12.8. The number of nitrogens with one attached hydrogen (secondary N) is 1. The third kappa shape index (κ3) is 3.53. The van der Waals surface area contributed by atoms with E-state index in [0.717, 1.165) is 56.0 Å². The SMILES string of the molecule is Cc1cn2c(n1)CCC(NC(=O)c1ccc(N3CCCc4ccccc43)cc1)C2. The summed E-state index contributed by atoms with van der Waals surface area (Å²) < 4.78 is 2.17. The minimum absolute atomic E-state index is 0.000816. The van der Waals surface area contributed by atoms with Gasteiger partial charge >= 0.3 is 0 Å². The molecule has 2 aromatic carbocycles. The van der Waals surface area contributed by atoms with Crippen LogP contribution < -0.4 is 10.2 Å². The van der Waals surface area contributed by atoms with Gasteiger partial charge in [-0.3, -0.25) is 4.79 Å². The topological polar surface area (TPSA) is 50.2 Å². The smallest absolute Gasteiger partial charge is 0.251 e. The first-order chi connectivity index (χ1) is 14.2. The highest BCUT2D eigenvalue weighted by molar-refractivity contribution is 5.94. The highest BCUT2D eigenvalue weighted by Crippen LogP contribution is 2.33. The quantitative estimate of drug-likeness (QED) is 0.740. The second-order valence-corrected chi connectivity index (χ2v) is 8.09. The van der Waals surface area contributed by atoms with Crippen LogP contribution in [-0.4, -0.2) is 28.0 Å². The molecule has 1 unspecified atom stereocenters. The number of carbonyl (C=O) groups excluding carboxylic acids is 1. The molecule has 0 fully saturated rings. The van der Waals surface area contributed by atoms with Gasteiger partial charge in [0.1, 0.15) is 5.82 Å². The maximum Gasteiger partial charge on any atom is 0.251 e. The molecule has 3 heterocycles. The number of benzene rings is 2. The molecule has 5 heteroatoms. The van der Waals surface area contributed by atoms with Crippen molar-refractivity contribution in [3.05, 3.63) is 77.4 Å². The molecule has 0 aliphatic carbocycles. The van der Waals surface area contributed by atoms with Crippen LogP contribution in [0.1, 0.15) is 40.3 Å². The van der Waals surface area contributed by atoms with Crippen LogP contribution >= 0.6 is 0 Å². The van der Waals surface area contributed by atoms with Crippen molar-refractivity contribution < 1.29 is 4.79 Å². The van der Waals surface area contributed by atoms with E-state index in [1.807, 2.05) is 19.1 Å². The summed E-state index contributed by atoms with van der Waals surface area (Å²) in [6, 6.07) is 16.8. The average Bonchev–Trinajstić information content (AvgIpc) is 3.13. The summed E-state index contributed by atoms with van der Waals surface area (Å²) in [6.45, 7) is 3.82. The number of hydrogen-bond donors (Lipinski definition) is 1. The predicted molar refractivity (Wildman–Crippen MR) is 115 cm³/mol. The van der Waals surface area contributed by atoms with Gasteiger partial charge in [-0.15, -0.1) is 0 Å². The molecule has 0 radical (unpaired) electrons. The average molecular weight is 386 g/mol. The minimum atomic E-state index is 0.000816. The van der Waals surface area contributed by atoms with Crippen molar-refractivity contribution in [1.82, 2.24) is 14.9 Å². The van der Waals surface area contributed by atoms with Crippen LogP contribution in [0.2, 0.25) is 0 Å². The Morgan fingerprint density at radius 2 is 1.93 bits per heavy atom. The van der Waals surface area contributed by atoms with E-state index in [9.17, 15) is 4.79 Å². The third-order valence-electron chi connectivity index (χ3n) is 6.00. The van der Waals surface area contributed by atoms with Crippen molar-refractivity contribution >= 4 is 17.3 Å². The van der Waals surface area contributed by atoms with Gasteiger partial charge in [-0.25, -0.2) is 4.98 Å². The van der Waals surface area contributed by atoms with E-state index in [4.69, 9.17) is 0 Å². The molecule has 148 valence electrons. The maximum atomic E-state index is 12.8.